The molecule has 2 heterocycles. The van der Waals surface area contributed by atoms with Crippen molar-refractivity contribution in [1.82, 2.24) is 4.90 Å². The molecule has 2 aromatic rings. The molecule has 0 bridgehead atoms. The van der Waals surface area contributed by atoms with Crippen LogP contribution in [0.1, 0.15) is 37.4 Å². The van der Waals surface area contributed by atoms with Crippen LogP contribution in [0.25, 0.3) is 6.08 Å². The van der Waals surface area contributed by atoms with Gasteiger partial charge in [0.1, 0.15) is 5.00 Å². The molecule has 0 saturated heterocycles. The molecule has 2 amide bonds. The van der Waals surface area contributed by atoms with Gasteiger partial charge in [0.15, 0.2) is 0 Å². The minimum Gasteiger partial charge on any atom is -0.462 e. The Balaban J connectivity index is 2.33. The molecule has 0 aromatic carbocycles. The van der Waals surface area contributed by atoms with Crippen molar-refractivity contribution in [2.75, 3.05) is 26.0 Å². The van der Waals surface area contributed by atoms with Gasteiger partial charge in [-0.05, 0) is 36.9 Å². The highest BCUT2D eigenvalue weighted by molar-refractivity contribution is 7.18. The normalized spacial score (nSPS) is 10.8. The lowest BCUT2D eigenvalue weighted by Gasteiger charge is -2.09. The Hall–Kier alpha value is -2.45. The van der Waals surface area contributed by atoms with Gasteiger partial charge in [-0.15, -0.1) is 22.7 Å². The van der Waals surface area contributed by atoms with Crippen LogP contribution in [0.3, 0.4) is 0 Å². The number of hydrogen-bond acceptors (Lipinski definition) is 6. The summed E-state index contributed by atoms with van der Waals surface area (Å²) in [4.78, 5) is 39.6. The lowest BCUT2D eigenvalue weighted by molar-refractivity contribution is -0.111. The first-order valence-corrected chi connectivity index (χ1v) is 9.59. The highest BCUT2D eigenvalue weighted by Crippen LogP contribution is 2.34. The molecule has 0 fully saturated rings. The number of rotatable bonds is 6. The monoisotopic (exact) mass is 392 g/mol. The average Bonchev–Trinajstić information content (AvgIpc) is 3.20. The number of ether oxygens (including phenoxy) is 1. The summed E-state index contributed by atoms with van der Waals surface area (Å²) in [6, 6.07) is 3.78. The van der Waals surface area contributed by atoms with Crippen LogP contribution in [0.15, 0.2) is 23.6 Å². The molecule has 0 aliphatic rings. The summed E-state index contributed by atoms with van der Waals surface area (Å²) < 4.78 is 5.08. The topological polar surface area (TPSA) is 75.7 Å². The molecule has 6 nitrogen and oxygen atoms in total. The fourth-order valence-electron chi connectivity index (χ4n) is 2.16. The molecule has 0 unspecified atom stereocenters. The minimum absolute atomic E-state index is 0.205. The molecule has 0 aliphatic carbocycles. The zero-order chi connectivity index (χ0) is 19.3. The molecule has 0 radical (unpaired) electrons. The van der Waals surface area contributed by atoms with Gasteiger partial charge in [0.25, 0.3) is 5.91 Å². The highest BCUT2D eigenvalue weighted by Gasteiger charge is 2.26. The van der Waals surface area contributed by atoms with E-state index < -0.39 is 5.97 Å². The molecule has 138 valence electrons. The van der Waals surface area contributed by atoms with E-state index in [4.69, 9.17) is 4.74 Å². The lowest BCUT2D eigenvalue weighted by Crippen LogP contribution is -2.21. The highest BCUT2D eigenvalue weighted by atomic mass is 32.1. The number of nitrogens with zero attached hydrogens (tertiary/aromatic N) is 1. The summed E-state index contributed by atoms with van der Waals surface area (Å²) in [5.74, 6) is -1.17. The van der Waals surface area contributed by atoms with Gasteiger partial charge >= 0.3 is 5.97 Å². The van der Waals surface area contributed by atoms with Crippen LogP contribution in [0.5, 0.6) is 0 Å². The van der Waals surface area contributed by atoms with E-state index in [9.17, 15) is 14.4 Å². The van der Waals surface area contributed by atoms with Crippen molar-refractivity contribution in [3.8, 4) is 0 Å². The van der Waals surface area contributed by atoms with Crippen LogP contribution in [0, 0.1) is 6.92 Å². The number of nitrogens with one attached hydrogen (secondary N) is 1. The molecule has 8 heteroatoms. The number of anilines is 1. The van der Waals surface area contributed by atoms with Gasteiger partial charge in [-0.25, -0.2) is 4.79 Å². The number of hydrogen-bond donors (Lipinski definition) is 1. The number of amides is 2. The molecule has 2 rings (SSSR count). The zero-order valence-electron chi connectivity index (χ0n) is 15.0. The maximum Gasteiger partial charge on any atom is 0.341 e. The molecule has 0 aliphatic heterocycles. The van der Waals surface area contributed by atoms with Crippen LogP contribution in [0.2, 0.25) is 0 Å². The van der Waals surface area contributed by atoms with Crippen molar-refractivity contribution >= 4 is 51.5 Å². The minimum atomic E-state index is -0.559. The Kier molecular flexibility index (Phi) is 6.70. The Morgan fingerprint density at radius 2 is 2.04 bits per heavy atom. The van der Waals surface area contributed by atoms with Gasteiger partial charge in [-0.2, -0.15) is 0 Å². The maximum absolute atomic E-state index is 12.3. The average molecular weight is 393 g/mol. The van der Waals surface area contributed by atoms with Crippen molar-refractivity contribution in [3.05, 3.63) is 44.5 Å². The largest absolute Gasteiger partial charge is 0.462 e. The third kappa shape index (κ3) is 4.59. The van der Waals surface area contributed by atoms with Crippen molar-refractivity contribution in [1.29, 1.82) is 0 Å². The first-order chi connectivity index (χ1) is 12.3. The van der Waals surface area contributed by atoms with Gasteiger partial charge in [-0.3, -0.25) is 9.59 Å². The Morgan fingerprint density at radius 1 is 1.31 bits per heavy atom. The van der Waals surface area contributed by atoms with Crippen LogP contribution in [0.4, 0.5) is 5.00 Å². The number of esters is 1. The van der Waals surface area contributed by atoms with Crippen molar-refractivity contribution in [3.63, 3.8) is 0 Å². The van der Waals surface area contributed by atoms with E-state index >= 15 is 0 Å². The van der Waals surface area contributed by atoms with Crippen molar-refractivity contribution < 1.29 is 19.1 Å². The van der Waals surface area contributed by atoms with Crippen molar-refractivity contribution in [2.45, 2.75) is 13.8 Å². The molecule has 0 atom stereocenters. The zero-order valence-corrected chi connectivity index (χ0v) is 16.6. The Morgan fingerprint density at radius 3 is 2.62 bits per heavy atom. The summed E-state index contributed by atoms with van der Waals surface area (Å²) in [6.07, 6.45) is 3.08. The molecule has 2 aromatic heterocycles. The third-order valence-electron chi connectivity index (χ3n) is 3.41. The van der Waals surface area contributed by atoms with E-state index in [0.29, 0.717) is 15.4 Å². The third-order valence-corrected chi connectivity index (χ3v) is 5.44. The Labute approximate surface area is 160 Å². The lowest BCUT2D eigenvalue weighted by atomic mass is 10.1. The molecule has 0 spiro atoms. The molecule has 1 N–H and O–H groups in total. The predicted octanol–water partition coefficient (Wildman–Crippen LogP) is 3.65. The smallest absolute Gasteiger partial charge is 0.341 e. The fraction of sp³-hybridized carbons (Fsp3) is 0.278. The molecule has 0 saturated carbocycles. The van der Waals surface area contributed by atoms with Gasteiger partial charge in [0.05, 0.1) is 17.0 Å². The maximum atomic E-state index is 12.3. The van der Waals surface area contributed by atoms with Crippen LogP contribution in [-0.2, 0) is 9.53 Å². The van der Waals surface area contributed by atoms with Crippen LogP contribution in [-0.4, -0.2) is 43.4 Å². The second-order valence-corrected chi connectivity index (χ2v) is 7.52. The number of carbonyl (C=O) groups is 3. The van der Waals surface area contributed by atoms with Crippen LogP contribution < -0.4 is 5.32 Å². The van der Waals surface area contributed by atoms with Gasteiger partial charge in [0.2, 0.25) is 5.91 Å². The van der Waals surface area contributed by atoms with Gasteiger partial charge < -0.3 is 15.0 Å². The van der Waals surface area contributed by atoms with Crippen LogP contribution >= 0.6 is 22.7 Å². The summed E-state index contributed by atoms with van der Waals surface area (Å²) in [7, 11) is 3.26. The first kappa shape index (κ1) is 19.9. The number of thiophene rings is 2. The quantitative estimate of drug-likeness (QED) is 0.601. The second-order valence-electron chi connectivity index (χ2n) is 5.52. The van der Waals surface area contributed by atoms with Crippen molar-refractivity contribution in [2.24, 2.45) is 0 Å². The first-order valence-electron chi connectivity index (χ1n) is 7.89. The summed E-state index contributed by atoms with van der Waals surface area (Å²) >= 11 is 2.58. The van der Waals surface area contributed by atoms with Gasteiger partial charge in [0, 0.05) is 25.0 Å². The Bertz CT molecular complexity index is 836. The summed E-state index contributed by atoms with van der Waals surface area (Å²) in [5, 5.41) is 4.92. The van der Waals surface area contributed by atoms with E-state index in [1.54, 1.807) is 34.0 Å². The standard InChI is InChI=1S/C18H20N2O4S2/c1-5-24-18(23)14-11(2)15(17(22)20(3)4)26-16(14)19-13(21)9-8-12-7-6-10-25-12/h6-10H,5H2,1-4H3,(H,19,21). The second kappa shape index (κ2) is 8.77. The number of carbonyl (C=O) groups excluding carboxylic acids is 3. The van der Waals surface area contributed by atoms with E-state index in [2.05, 4.69) is 5.32 Å². The summed E-state index contributed by atoms with van der Waals surface area (Å²) in [5.41, 5.74) is 0.726. The molecular weight excluding hydrogens is 372 g/mol. The SMILES string of the molecule is CCOC(=O)c1c(NC(=O)C=Cc2cccs2)sc(C(=O)N(C)C)c1C. The van der Waals surface area contributed by atoms with E-state index in [1.807, 2.05) is 17.5 Å². The molecular formula is C18H20N2O4S2. The predicted molar refractivity (Wildman–Crippen MR) is 105 cm³/mol. The van der Waals surface area contributed by atoms with Gasteiger partial charge in [-0.1, -0.05) is 6.07 Å². The van der Waals surface area contributed by atoms with E-state index in [0.717, 1.165) is 16.2 Å². The van der Waals surface area contributed by atoms with E-state index in [-0.39, 0.29) is 24.0 Å². The molecule has 26 heavy (non-hydrogen) atoms. The fourth-order valence-corrected chi connectivity index (χ4v) is 3.99. The summed E-state index contributed by atoms with van der Waals surface area (Å²) in [6.45, 7) is 3.58. The van der Waals surface area contributed by atoms with E-state index in [1.165, 1.54) is 22.3 Å².